The number of benzene rings is 2. The fourth-order valence-corrected chi connectivity index (χ4v) is 4.78. The fraction of sp³-hybridized carbons (Fsp3) is 0.296. The first-order valence-electron chi connectivity index (χ1n) is 12.2. The predicted octanol–water partition coefficient (Wildman–Crippen LogP) is 4.41. The van der Waals surface area contributed by atoms with Gasteiger partial charge in [-0.3, -0.25) is 4.90 Å². The van der Waals surface area contributed by atoms with Gasteiger partial charge in [0.2, 0.25) is 0 Å². The van der Waals surface area contributed by atoms with Crippen molar-refractivity contribution >= 4 is 28.9 Å². The van der Waals surface area contributed by atoms with Gasteiger partial charge in [0.15, 0.2) is 5.82 Å². The third kappa shape index (κ3) is 5.37. The van der Waals surface area contributed by atoms with E-state index in [4.69, 9.17) is 5.41 Å². The summed E-state index contributed by atoms with van der Waals surface area (Å²) in [5.41, 5.74) is 5.31. The molecule has 0 bridgehead atoms. The minimum atomic E-state index is -0.260. The number of nitrogens with zero attached hydrogens (tertiary/aromatic N) is 4. The van der Waals surface area contributed by atoms with Crippen molar-refractivity contribution in [3.63, 3.8) is 0 Å². The van der Waals surface area contributed by atoms with E-state index in [2.05, 4.69) is 44.0 Å². The molecular weight excluding hydrogens is 455 g/mol. The zero-order valence-corrected chi connectivity index (χ0v) is 20.3. The molecular formula is C27H31FN8. The molecule has 5 rings (SSSR count). The zero-order chi connectivity index (χ0) is 24.9. The summed E-state index contributed by atoms with van der Waals surface area (Å²) in [5.74, 6) is 0.462. The molecule has 3 heterocycles. The third-order valence-corrected chi connectivity index (χ3v) is 6.73. The highest BCUT2D eigenvalue weighted by molar-refractivity contribution is 5.88. The lowest BCUT2D eigenvalue weighted by Gasteiger charge is -2.31. The Balaban J connectivity index is 1.34. The Bertz CT molecular complexity index is 1340. The molecule has 2 aromatic carbocycles. The van der Waals surface area contributed by atoms with Crippen molar-refractivity contribution in [2.75, 3.05) is 30.8 Å². The highest BCUT2D eigenvalue weighted by Gasteiger charge is 2.20. The van der Waals surface area contributed by atoms with Crippen molar-refractivity contribution in [3.8, 4) is 0 Å². The second kappa shape index (κ2) is 10.8. The first-order valence-corrected chi connectivity index (χ1v) is 12.2. The Labute approximate surface area is 210 Å². The maximum absolute atomic E-state index is 13.5. The van der Waals surface area contributed by atoms with Crippen LogP contribution in [0.15, 0.2) is 61.1 Å². The van der Waals surface area contributed by atoms with Gasteiger partial charge >= 0.3 is 0 Å². The van der Waals surface area contributed by atoms with Crippen molar-refractivity contribution in [1.29, 1.82) is 5.41 Å². The lowest BCUT2D eigenvalue weighted by Crippen LogP contribution is -2.40. The van der Waals surface area contributed by atoms with Gasteiger partial charge in [-0.15, -0.1) is 0 Å². The molecule has 0 atom stereocenters. The Kier molecular flexibility index (Phi) is 7.20. The van der Waals surface area contributed by atoms with Crippen LogP contribution in [-0.4, -0.2) is 51.9 Å². The monoisotopic (exact) mass is 486 g/mol. The largest absolute Gasteiger partial charge is 0.380 e. The van der Waals surface area contributed by atoms with Crippen LogP contribution in [0.1, 0.15) is 29.5 Å². The summed E-state index contributed by atoms with van der Waals surface area (Å²) >= 11 is 0. The van der Waals surface area contributed by atoms with E-state index in [-0.39, 0.29) is 5.82 Å². The second-order valence-corrected chi connectivity index (χ2v) is 9.19. The van der Waals surface area contributed by atoms with Crippen LogP contribution in [0.2, 0.25) is 0 Å². The van der Waals surface area contributed by atoms with Crippen molar-refractivity contribution in [2.24, 2.45) is 0 Å². The molecule has 8 nitrogen and oxygen atoms in total. The summed E-state index contributed by atoms with van der Waals surface area (Å²) in [7, 11) is 2.18. The summed E-state index contributed by atoms with van der Waals surface area (Å²) in [5, 5.41) is 22.5. The molecule has 4 aromatic rings. The lowest BCUT2D eigenvalue weighted by molar-refractivity contribution is 0.192. The van der Waals surface area contributed by atoms with Gasteiger partial charge in [-0.2, -0.15) is 5.10 Å². The van der Waals surface area contributed by atoms with E-state index in [1.54, 1.807) is 12.4 Å². The van der Waals surface area contributed by atoms with Crippen LogP contribution in [0.25, 0.3) is 5.52 Å². The molecule has 36 heavy (non-hydrogen) atoms. The van der Waals surface area contributed by atoms with Gasteiger partial charge in [0.1, 0.15) is 17.7 Å². The first-order chi connectivity index (χ1) is 17.6. The highest BCUT2D eigenvalue weighted by atomic mass is 19.1. The van der Waals surface area contributed by atoms with E-state index in [0.29, 0.717) is 12.6 Å². The van der Waals surface area contributed by atoms with Crippen molar-refractivity contribution in [2.45, 2.75) is 32.0 Å². The van der Waals surface area contributed by atoms with E-state index in [0.717, 1.165) is 66.3 Å². The zero-order valence-electron chi connectivity index (χ0n) is 20.3. The molecule has 2 aromatic heterocycles. The summed E-state index contributed by atoms with van der Waals surface area (Å²) in [4.78, 5) is 6.95. The summed E-state index contributed by atoms with van der Waals surface area (Å²) < 4.78 is 15.3. The van der Waals surface area contributed by atoms with Gasteiger partial charge in [0, 0.05) is 48.5 Å². The lowest BCUT2D eigenvalue weighted by atomic mass is 10.0. The van der Waals surface area contributed by atoms with E-state index in [1.807, 2.05) is 35.0 Å². The van der Waals surface area contributed by atoms with Crippen molar-refractivity contribution in [1.82, 2.24) is 24.8 Å². The van der Waals surface area contributed by atoms with Crippen LogP contribution >= 0.6 is 0 Å². The minimum absolute atomic E-state index is 0.260. The first kappa shape index (κ1) is 23.9. The molecule has 0 aliphatic carbocycles. The van der Waals surface area contributed by atoms with Crippen LogP contribution in [-0.2, 0) is 13.1 Å². The molecule has 0 spiro atoms. The van der Waals surface area contributed by atoms with Gasteiger partial charge in [-0.1, -0.05) is 12.1 Å². The molecule has 1 aliphatic heterocycles. The molecule has 1 aliphatic rings. The molecule has 0 radical (unpaired) electrons. The second-order valence-electron chi connectivity index (χ2n) is 9.19. The highest BCUT2D eigenvalue weighted by Crippen LogP contribution is 2.27. The summed E-state index contributed by atoms with van der Waals surface area (Å²) in [6, 6.07) is 14.9. The topological polar surface area (TPSA) is 93.4 Å². The maximum Gasteiger partial charge on any atom is 0.158 e. The quantitative estimate of drug-likeness (QED) is 0.262. The molecule has 4 N–H and O–H groups in total. The SMILES string of the molecule is CN(Cc1ccn2ncnc(Nc3ccc(NCc4cccc(F)c4)c(C=N)c3)c12)C1CCNCC1. The smallest absolute Gasteiger partial charge is 0.158 e. The van der Waals surface area contributed by atoms with E-state index in [1.165, 1.54) is 23.9 Å². The molecule has 0 saturated carbocycles. The number of nitrogens with one attached hydrogen (secondary N) is 4. The van der Waals surface area contributed by atoms with Crippen molar-refractivity contribution in [3.05, 3.63) is 83.6 Å². The van der Waals surface area contributed by atoms with E-state index < -0.39 is 0 Å². The van der Waals surface area contributed by atoms with Crippen molar-refractivity contribution < 1.29 is 4.39 Å². The number of aromatic nitrogens is 3. The maximum atomic E-state index is 13.5. The Morgan fingerprint density at radius 1 is 1.19 bits per heavy atom. The number of halogens is 1. The van der Waals surface area contributed by atoms with E-state index in [9.17, 15) is 4.39 Å². The Morgan fingerprint density at radius 2 is 2.06 bits per heavy atom. The van der Waals surface area contributed by atoms with Crippen LogP contribution in [0.3, 0.4) is 0 Å². The number of fused-ring (bicyclic) bond motifs is 1. The predicted molar refractivity (Wildman–Crippen MR) is 142 cm³/mol. The Hall–Kier alpha value is -3.82. The summed E-state index contributed by atoms with van der Waals surface area (Å²) in [6.07, 6.45) is 7.12. The number of hydrogen-bond donors (Lipinski definition) is 4. The number of rotatable bonds is 9. The molecule has 1 saturated heterocycles. The fourth-order valence-electron chi connectivity index (χ4n) is 4.78. The molecule has 0 amide bonds. The van der Waals surface area contributed by atoms with Crippen LogP contribution in [0, 0.1) is 11.2 Å². The average molecular weight is 487 g/mol. The van der Waals surface area contributed by atoms with Crippen LogP contribution in [0.5, 0.6) is 0 Å². The van der Waals surface area contributed by atoms with Gasteiger partial charge in [-0.25, -0.2) is 13.9 Å². The molecule has 9 heteroatoms. The van der Waals surface area contributed by atoms with Gasteiger partial charge in [0.05, 0.1) is 0 Å². The summed E-state index contributed by atoms with van der Waals surface area (Å²) in [6.45, 7) is 3.40. The number of anilines is 3. The van der Waals surface area contributed by atoms with Gasteiger partial charge in [0.25, 0.3) is 0 Å². The standard InChI is InChI=1S/C27H31FN8/c1-35(24-7-10-30-11-8-24)17-20-9-12-36-26(20)27(32-18-33-36)34-23-5-6-25(21(14-23)15-29)31-16-19-3-2-4-22(28)13-19/h2-6,9,12-15,18,24,29-31H,7-8,10-11,16-17H2,1H3,(H,32,33,34). The van der Waals surface area contributed by atoms with Crippen LogP contribution < -0.4 is 16.0 Å². The van der Waals surface area contributed by atoms with Gasteiger partial charge < -0.3 is 21.4 Å². The van der Waals surface area contributed by atoms with E-state index >= 15 is 0 Å². The normalized spacial score (nSPS) is 14.3. The molecule has 186 valence electrons. The average Bonchev–Trinajstić information content (AvgIpc) is 3.32. The van der Waals surface area contributed by atoms with Crippen LogP contribution in [0.4, 0.5) is 21.6 Å². The number of piperidine rings is 1. The number of hydrogen-bond acceptors (Lipinski definition) is 7. The molecule has 1 fully saturated rings. The molecule has 0 unspecified atom stereocenters. The Morgan fingerprint density at radius 3 is 2.86 bits per heavy atom. The third-order valence-electron chi connectivity index (χ3n) is 6.73. The minimum Gasteiger partial charge on any atom is -0.380 e. The van der Waals surface area contributed by atoms with Gasteiger partial charge in [-0.05, 0) is 80.5 Å².